The maximum absolute atomic E-state index is 5.65. The van der Waals surface area contributed by atoms with Crippen molar-refractivity contribution in [3.63, 3.8) is 0 Å². The fraction of sp³-hybridized carbons (Fsp3) is 1.00. The summed E-state index contributed by atoms with van der Waals surface area (Å²) in [6.07, 6.45) is 2.97. The predicted molar refractivity (Wildman–Crippen MR) is 55.5 cm³/mol. The van der Waals surface area contributed by atoms with Crippen molar-refractivity contribution in [2.24, 2.45) is 0 Å². The topological polar surface area (TPSA) is 12.5 Å². The second-order valence-electron chi connectivity index (χ2n) is 3.16. The van der Waals surface area contributed by atoms with Gasteiger partial charge in [-0.1, -0.05) is 0 Å². The van der Waals surface area contributed by atoms with Crippen molar-refractivity contribution >= 4 is 23.8 Å². The van der Waals surface area contributed by atoms with Gasteiger partial charge in [0.1, 0.15) is 6.23 Å². The Morgan fingerprint density at radius 3 is 2.67 bits per heavy atom. The normalized spacial score (nSPS) is 33.5. The van der Waals surface area contributed by atoms with E-state index >= 15 is 0 Å². The van der Waals surface area contributed by atoms with Gasteiger partial charge in [0, 0.05) is 30.3 Å². The third-order valence-electron chi connectivity index (χ3n) is 2.31. The van der Waals surface area contributed by atoms with Crippen LogP contribution in [0.5, 0.6) is 0 Å². The first-order valence-electron chi connectivity index (χ1n) is 4.57. The molecule has 0 aliphatic carbocycles. The summed E-state index contributed by atoms with van der Waals surface area (Å²) < 4.78 is 5.65. The maximum Gasteiger partial charge on any atom is 0.125 e. The van der Waals surface area contributed by atoms with Gasteiger partial charge in [-0.05, 0) is 24.9 Å². The lowest BCUT2D eigenvalue weighted by atomic mass is 10.2. The molecule has 12 heavy (non-hydrogen) atoms. The van der Waals surface area contributed by atoms with E-state index in [-0.39, 0.29) is 0 Å². The maximum atomic E-state index is 5.65. The van der Waals surface area contributed by atoms with E-state index in [1.165, 1.54) is 43.2 Å². The van der Waals surface area contributed by atoms with Crippen molar-refractivity contribution in [3.8, 4) is 0 Å². The number of rotatable bonds is 1. The van der Waals surface area contributed by atoms with Crippen molar-refractivity contribution in [3.05, 3.63) is 0 Å². The lowest BCUT2D eigenvalue weighted by Crippen LogP contribution is -2.42. The van der Waals surface area contributed by atoms with Crippen molar-refractivity contribution in [2.75, 3.05) is 30.3 Å². The Morgan fingerprint density at radius 2 is 2.00 bits per heavy atom. The molecule has 2 nitrogen and oxygen atoms in total. The summed E-state index contributed by atoms with van der Waals surface area (Å²) in [6, 6.07) is 0. The molecular weight excluding hydrogens is 190 g/mol. The molecule has 0 bridgehead atoms. The average Bonchev–Trinajstić information content (AvgIpc) is 2.21. The van der Waals surface area contributed by atoms with E-state index in [1.807, 2.05) is 0 Å². The van der Waals surface area contributed by atoms with Gasteiger partial charge in [0.2, 0.25) is 0 Å². The van der Waals surface area contributed by atoms with E-state index in [9.17, 15) is 0 Å². The van der Waals surface area contributed by atoms with Crippen LogP contribution in [0.3, 0.4) is 0 Å². The molecule has 0 saturated carbocycles. The molecule has 2 rings (SSSR count). The summed E-state index contributed by atoms with van der Waals surface area (Å²) >= 11 is 3.71. The summed E-state index contributed by atoms with van der Waals surface area (Å²) in [5.74, 6) is 3.74. The number of thioether (sulfide) groups is 1. The molecule has 0 N–H and O–H groups in total. The zero-order valence-electron chi connectivity index (χ0n) is 7.20. The fourth-order valence-corrected chi connectivity index (χ4v) is 3.29. The van der Waals surface area contributed by atoms with Crippen molar-refractivity contribution in [1.29, 1.82) is 0 Å². The smallest absolute Gasteiger partial charge is 0.125 e. The zero-order chi connectivity index (χ0) is 8.23. The van der Waals surface area contributed by atoms with E-state index in [0.29, 0.717) is 6.23 Å². The zero-order valence-corrected chi connectivity index (χ0v) is 8.83. The van der Waals surface area contributed by atoms with Gasteiger partial charge >= 0.3 is 0 Å². The van der Waals surface area contributed by atoms with Gasteiger partial charge in [0.25, 0.3) is 0 Å². The standard InChI is InChI=1S/C8H15NOS2/c1-2-8(10-12-5-1)9-3-6-11-7-4-9/h8H,1-7H2. The minimum Gasteiger partial charge on any atom is -0.296 e. The summed E-state index contributed by atoms with van der Waals surface area (Å²) in [4.78, 5) is 2.49. The van der Waals surface area contributed by atoms with E-state index < -0.39 is 0 Å². The molecule has 1 atom stereocenters. The van der Waals surface area contributed by atoms with E-state index in [2.05, 4.69) is 16.7 Å². The Morgan fingerprint density at radius 1 is 1.17 bits per heavy atom. The minimum absolute atomic E-state index is 0.421. The van der Waals surface area contributed by atoms with Crippen LogP contribution in [0.4, 0.5) is 0 Å². The van der Waals surface area contributed by atoms with Crippen molar-refractivity contribution in [1.82, 2.24) is 4.90 Å². The molecule has 2 heterocycles. The van der Waals surface area contributed by atoms with Crippen LogP contribution in [0.15, 0.2) is 0 Å². The van der Waals surface area contributed by atoms with E-state index in [4.69, 9.17) is 4.18 Å². The van der Waals surface area contributed by atoms with E-state index in [0.717, 1.165) is 0 Å². The van der Waals surface area contributed by atoms with Crippen LogP contribution in [0.1, 0.15) is 12.8 Å². The Kier molecular flexibility index (Phi) is 3.63. The highest BCUT2D eigenvalue weighted by Gasteiger charge is 2.23. The molecule has 70 valence electrons. The molecule has 0 amide bonds. The van der Waals surface area contributed by atoms with Gasteiger partial charge in [-0.3, -0.25) is 9.08 Å². The molecule has 0 spiro atoms. The molecular formula is C8H15NOS2. The Balaban J connectivity index is 1.80. The molecule has 4 heteroatoms. The first kappa shape index (κ1) is 9.19. The molecule has 2 aliphatic rings. The summed E-state index contributed by atoms with van der Waals surface area (Å²) in [5.41, 5.74) is 0. The van der Waals surface area contributed by atoms with Crippen LogP contribution in [-0.2, 0) is 4.18 Å². The van der Waals surface area contributed by atoms with Gasteiger partial charge in [-0.2, -0.15) is 11.8 Å². The first-order valence-corrected chi connectivity index (χ1v) is 6.63. The quantitative estimate of drug-likeness (QED) is 0.605. The number of nitrogens with zero attached hydrogens (tertiary/aromatic N) is 1. The largest absolute Gasteiger partial charge is 0.296 e. The second-order valence-corrected chi connectivity index (χ2v) is 5.22. The van der Waals surface area contributed by atoms with Gasteiger partial charge in [0.15, 0.2) is 0 Å². The highest BCUT2D eigenvalue weighted by molar-refractivity contribution is 7.99. The first-order chi connectivity index (χ1) is 5.97. The molecule has 2 saturated heterocycles. The highest BCUT2D eigenvalue weighted by Crippen LogP contribution is 2.25. The SMILES string of the molecule is C1CSOC(N2CCSCC2)C1. The fourth-order valence-electron chi connectivity index (χ4n) is 1.60. The summed E-state index contributed by atoms with van der Waals surface area (Å²) in [6.45, 7) is 2.44. The third kappa shape index (κ3) is 2.31. The number of hydrogen-bond acceptors (Lipinski definition) is 4. The molecule has 0 aromatic rings. The van der Waals surface area contributed by atoms with Gasteiger partial charge in [0.05, 0.1) is 0 Å². The lowest BCUT2D eigenvalue weighted by Gasteiger charge is -2.35. The van der Waals surface area contributed by atoms with Gasteiger partial charge < -0.3 is 0 Å². The monoisotopic (exact) mass is 205 g/mol. The summed E-state index contributed by atoms with van der Waals surface area (Å²) in [5, 5.41) is 0. The Labute approximate surface area is 82.6 Å². The van der Waals surface area contributed by atoms with Crippen molar-refractivity contribution in [2.45, 2.75) is 19.1 Å². The van der Waals surface area contributed by atoms with Crippen LogP contribution in [0.25, 0.3) is 0 Å². The van der Waals surface area contributed by atoms with Gasteiger partial charge in [-0.25, -0.2) is 0 Å². The van der Waals surface area contributed by atoms with Crippen LogP contribution in [-0.4, -0.2) is 41.5 Å². The Hall–Kier alpha value is 0.620. The highest BCUT2D eigenvalue weighted by atomic mass is 32.2. The van der Waals surface area contributed by atoms with Gasteiger partial charge in [-0.15, -0.1) is 0 Å². The lowest BCUT2D eigenvalue weighted by molar-refractivity contribution is 0.0362. The molecule has 2 aliphatic heterocycles. The second kappa shape index (κ2) is 4.74. The van der Waals surface area contributed by atoms with Crippen LogP contribution in [0.2, 0.25) is 0 Å². The predicted octanol–water partition coefficient (Wildman–Crippen LogP) is 1.82. The van der Waals surface area contributed by atoms with Crippen LogP contribution < -0.4 is 0 Å². The average molecular weight is 205 g/mol. The molecule has 0 aromatic heterocycles. The van der Waals surface area contributed by atoms with E-state index in [1.54, 1.807) is 12.0 Å². The van der Waals surface area contributed by atoms with Crippen LogP contribution in [0, 0.1) is 0 Å². The molecule has 1 unspecified atom stereocenters. The molecule has 0 aromatic carbocycles. The Bertz CT molecular complexity index is 117. The molecule has 0 radical (unpaired) electrons. The van der Waals surface area contributed by atoms with Crippen LogP contribution >= 0.6 is 23.8 Å². The van der Waals surface area contributed by atoms with Crippen molar-refractivity contribution < 1.29 is 4.18 Å². The minimum atomic E-state index is 0.421. The third-order valence-corrected chi connectivity index (χ3v) is 4.07. The molecule has 2 fully saturated rings. The summed E-state index contributed by atoms with van der Waals surface area (Å²) in [7, 11) is 0. The number of hydrogen-bond donors (Lipinski definition) is 0.